The maximum Gasteiger partial charge on any atom is 0.322 e. The summed E-state index contributed by atoms with van der Waals surface area (Å²) in [6.45, 7) is 9.71. The second-order valence-electron chi connectivity index (χ2n) is 5.36. The smallest absolute Gasteiger partial charge is 0.322 e. The van der Waals surface area contributed by atoms with E-state index in [0.717, 1.165) is 39.1 Å². The van der Waals surface area contributed by atoms with Gasteiger partial charge in [-0.2, -0.15) is 0 Å². The summed E-state index contributed by atoms with van der Waals surface area (Å²) >= 11 is 0. The van der Waals surface area contributed by atoms with E-state index in [1.807, 2.05) is 13.8 Å². The van der Waals surface area contributed by atoms with E-state index in [9.17, 15) is 4.79 Å². The predicted molar refractivity (Wildman–Crippen MR) is 75.2 cm³/mol. The molecule has 5 nitrogen and oxygen atoms in total. The fourth-order valence-electron chi connectivity index (χ4n) is 2.47. The van der Waals surface area contributed by atoms with E-state index in [1.54, 1.807) is 0 Å². The maximum absolute atomic E-state index is 11.7. The molecule has 1 rings (SSSR count). The topological polar surface area (TPSA) is 50.8 Å². The number of hydrogen-bond acceptors (Lipinski definition) is 5. The highest BCUT2D eigenvalue weighted by Crippen LogP contribution is 2.11. The van der Waals surface area contributed by atoms with E-state index in [1.165, 1.54) is 7.11 Å². The summed E-state index contributed by atoms with van der Waals surface area (Å²) in [5.74, 6) is -0.171. The van der Waals surface area contributed by atoms with E-state index >= 15 is 0 Å². The van der Waals surface area contributed by atoms with Gasteiger partial charge in [-0.3, -0.25) is 9.69 Å². The van der Waals surface area contributed by atoms with Crippen molar-refractivity contribution >= 4 is 5.97 Å². The van der Waals surface area contributed by atoms with Crippen LogP contribution in [0.1, 0.15) is 33.6 Å². The van der Waals surface area contributed by atoms with Crippen molar-refractivity contribution in [2.24, 2.45) is 0 Å². The SMILES string of the molecule is CCC1COCCN1CCC(NC(C)C)C(=O)OC. The molecule has 112 valence electrons. The van der Waals surface area contributed by atoms with E-state index in [2.05, 4.69) is 17.1 Å². The summed E-state index contributed by atoms with van der Waals surface area (Å²) in [7, 11) is 1.45. The minimum Gasteiger partial charge on any atom is -0.468 e. The van der Waals surface area contributed by atoms with Crippen molar-refractivity contribution in [2.45, 2.75) is 51.7 Å². The van der Waals surface area contributed by atoms with Gasteiger partial charge in [0.15, 0.2) is 0 Å². The van der Waals surface area contributed by atoms with Gasteiger partial charge in [0.1, 0.15) is 6.04 Å². The van der Waals surface area contributed by atoms with Crippen LogP contribution in [0.2, 0.25) is 0 Å². The van der Waals surface area contributed by atoms with Crippen LogP contribution in [0.15, 0.2) is 0 Å². The number of nitrogens with zero attached hydrogens (tertiary/aromatic N) is 1. The first-order valence-electron chi connectivity index (χ1n) is 7.24. The predicted octanol–water partition coefficient (Wildman–Crippen LogP) is 1.03. The fraction of sp³-hybridized carbons (Fsp3) is 0.929. The molecule has 0 amide bonds. The number of rotatable bonds is 7. The zero-order valence-corrected chi connectivity index (χ0v) is 12.6. The third-order valence-electron chi connectivity index (χ3n) is 3.55. The highest BCUT2D eigenvalue weighted by Gasteiger charge is 2.25. The highest BCUT2D eigenvalue weighted by molar-refractivity contribution is 5.75. The van der Waals surface area contributed by atoms with Crippen LogP contribution in [0, 0.1) is 0 Å². The third-order valence-corrected chi connectivity index (χ3v) is 3.55. The van der Waals surface area contributed by atoms with E-state index in [-0.39, 0.29) is 18.1 Å². The lowest BCUT2D eigenvalue weighted by Gasteiger charge is -2.35. The number of hydrogen-bond donors (Lipinski definition) is 1. The van der Waals surface area contributed by atoms with E-state index in [4.69, 9.17) is 9.47 Å². The molecule has 1 aliphatic rings. The summed E-state index contributed by atoms with van der Waals surface area (Å²) in [5, 5.41) is 3.27. The van der Waals surface area contributed by atoms with Crippen LogP contribution in [0.3, 0.4) is 0 Å². The van der Waals surface area contributed by atoms with Gasteiger partial charge in [0.25, 0.3) is 0 Å². The molecule has 0 aromatic heterocycles. The molecule has 2 atom stereocenters. The van der Waals surface area contributed by atoms with Crippen molar-refractivity contribution in [3.05, 3.63) is 0 Å². The van der Waals surface area contributed by atoms with Gasteiger partial charge in [-0.15, -0.1) is 0 Å². The minimum atomic E-state index is -0.217. The molecule has 5 heteroatoms. The molecule has 0 spiro atoms. The lowest BCUT2D eigenvalue weighted by atomic mass is 10.1. The lowest BCUT2D eigenvalue weighted by Crippen LogP contribution is -2.49. The summed E-state index contributed by atoms with van der Waals surface area (Å²) in [6, 6.07) is 0.534. The molecule has 1 heterocycles. The molecule has 0 aromatic rings. The largest absolute Gasteiger partial charge is 0.468 e. The van der Waals surface area contributed by atoms with Crippen molar-refractivity contribution in [2.75, 3.05) is 33.4 Å². The van der Waals surface area contributed by atoms with Crippen LogP contribution >= 0.6 is 0 Å². The first kappa shape index (κ1) is 16.4. The van der Waals surface area contributed by atoms with Gasteiger partial charge in [0.2, 0.25) is 0 Å². The summed E-state index contributed by atoms with van der Waals surface area (Å²) in [5.41, 5.74) is 0. The zero-order valence-electron chi connectivity index (χ0n) is 12.6. The van der Waals surface area contributed by atoms with Gasteiger partial charge < -0.3 is 14.8 Å². The van der Waals surface area contributed by atoms with Gasteiger partial charge in [-0.1, -0.05) is 20.8 Å². The second kappa shape index (κ2) is 8.51. The van der Waals surface area contributed by atoms with Crippen LogP contribution in [-0.4, -0.2) is 62.4 Å². The molecular formula is C14H28N2O3. The molecular weight excluding hydrogens is 244 g/mol. The molecule has 0 bridgehead atoms. The van der Waals surface area contributed by atoms with Crippen LogP contribution in [-0.2, 0) is 14.3 Å². The Morgan fingerprint density at radius 3 is 2.84 bits per heavy atom. The molecule has 0 aromatic carbocycles. The number of carbonyl (C=O) groups is 1. The molecule has 1 aliphatic heterocycles. The zero-order chi connectivity index (χ0) is 14.3. The Morgan fingerprint density at radius 1 is 1.53 bits per heavy atom. The number of methoxy groups -OCH3 is 1. The average Bonchev–Trinajstić information content (AvgIpc) is 2.42. The van der Waals surface area contributed by atoms with Crippen LogP contribution < -0.4 is 5.32 Å². The molecule has 1 N–H and O–H groups in total. The van der Waals surface area contributed by atoms with Gasteiger partial charge >= 0.3 is 5.97 Å². The normalized spacial score (nSPS) is 22.5. The molecule has 0 saturated carbocycles. The minimum absolute atomic E-state index is 0.171. The molecule has 1 fully saturated rings. The number of morpholine rings is 1. The Hall–Kier alpha value is -0.650. The number of carbonyl (C=O) groups excluding carboxylic acids is 1. The Kier molecular flexibility index (Phi) is 7.34. The van der Waals surface area contributed by atoms with E-state index in [0.29, 0.717) is 6.04 Å². The monoisotopic (exact) mass is 272 g/mol. The third kappa shape index (κ3) is 5.47. The summed E-state index contributed by atoms with van der Waals surface area (Å²) < 4.78 is 10.4. The van der Waals surface area contributed by atoms with Crippen LogP contribution in [0.4, 0.5) is 0 Å². The van der Waals surface area contributed by atoms with Crippen LogP contribution in [0.25, 0.3) is 0 Å². The van der Waals surface area contributed by atoms with Gasteiger partial charge in [0.05, 0.1) is 20.3 Å². The van der Waals surface area contributed by atoms with Gasteiger partial charge in [-0.05, 0) is 12.8 Å². The Labute approximate surface area is 116 Å². The molecule has 0 aliphatic carbocycles. The molecule has 1 saturated heterocycles. The molecule has 2 unspecified atom stereocenters. The first-order chi connectivity index (χ1) is 9.08. The van der Waals surface area contributed by atoms with Crippen molar-refractivity contribution < 1.29 is 14.3 Å². The van der Waals surface area contributed by atoms with Crippen molar-refractivity contribution in [1.29, 1.82) is 0 Å². The molecule has 19 heavy (non-hydrogen) atoms. The number of esters is 1. The van der Waals surface area contributed by atoms with Gasteiger partial charge in [-0.25, -0.2) is 0 Å². The van der Waals surface area contributed by atoms with E-state index < -0.39 is 0 Å². The standard InChI is InChI=1S/C14H28N2O3/c1-5-12-10-19-9-8-16(12)7-6-13(14(17)18-4)15-11(2)3/h11-13,15H,5-10H2,1-4H3. The summed E-state index contributed by atoms with van der Waals surface area (Å²) in [4.78, 5) is 14.2. The first-order valence-corrected chi connectivity index (χ1v) is 7.24. The van der Waals surface area contributed by atoms with Gasteiger partial charge in [0, 0.05) is 25.2 Å². The number of nitrogens with one attached hydrogen (secondary N) is 1. The summed E-state index contributed by atoms with van der Waals surface area (Å²) in [6.07, 6.45) is 1.86. The lowest BCUT2D eigenvalue weighted by molar-refractivity contribution is -0.143. The fourth-order valence-corrected chi connectivity index (χ4v) is 2.47. The quantitative estimate of drug-likeness (QED) is 0.702. The Balaban J connectivity index is 2.47. The van der Waals surface area contributed by atoms with Crippen molar-refractivity contribution in [1.82, 2.24) is 10.2 Å². The molecule has 0 radical (unpaired) electrons. The second-order valence-corrected chi connectivity index (χ2v) is 5.36. The maximum atomic E-state index is 11.7. The van der Waals surface area contributed by atoms with Crippen LogP contribution in [0.5, 0.6) is 0 Å². The average molecular weight is 272 g/mol. The van der Waals surface area contributed by atoms with Crippen molar-refractivity contribution in [3.8, 4) is 0 Å². The number of ether oxygens (including phenoxy) is 2. The Morgan fingerprint density at radius 2 is 2.26 bits per heavy atom. The highest BCUT2D eigenvalue weighted by atomic mass is 16.5. The van der Waals surface area contributed by atoms with Crippen molar-refractivity contribution in [3.63, 3.8) is 0 Å². The Bertz CT molecular complexity index is 271.